The molecule has 0 aromatic heterocycles. The van der Waals surface area contributed by atoms with Gasteiger partial charge in [0.25, 0.3) is 0 Å². The normalized spacial score (nSPS) is 20.2. The Balaban J connectivity index is 2.02. The van der Waals surface area contributed by atoms with Gasteiger partial charge in [-0.25, -0.2) is 14.8 Å². The number of nitrogens with zero attached hydrogens (tertiary/aromatic N) is 1. The Morgan fingerprint density at radius 2 is 1.95 bits per heavy atom. The number of rotatable bonds is 5. The van der Waals surface area contributed by atoms with E-state index in [2.05, 4.69) is 17.4 Å². The number of nitrogens with two attached hydrogens (primary N) is 1. The van der Waals surface area contributed by atoms with Crippen molar-refractivity contribution in [1.82, 2.24) is 10.4 Å². The molecule has 1 saturated heterocycles. The first-order valence-electron chi connectivity index (χ1n) is 7.09. The molecule has 3 N–H and O–H groups in total. The standard InChI is InChI=1S/C15H24FN3/c1-15(12-17,18-19-9-5-2-6-10-19)11-13-7-3-4-8-14(13)16/h3-4,7-8,18H,2,5-6,9-12,17H2,1H3. The van der Waals surface area contributed by atoms with Gasteiger partial charge in [0.15, 0.2) is 0 Å². The summed E-state index contributed by atoms with van der Waals surface area (Å²) < 4.78 is 13.8. The maximum atomic E-state index is 13.8. The summed E-state index contributed by atoms with van der Waals surface area (Å²) in [6.07, 6.45) is 4.33. The van der Waals surface area contributed by atoms with Crippen molar-refractivity contribution in [2.75, 3.05) is 19.6 Å². The third-order valence-corrected chi connectivity index (χ3v) is 3.77. The first-order chi connectivity index (χ1) is 9.13. The Kier molecular flexibility index (Phi) is 4.91. The Labute approximate surface area is 114 Å². The van der Waals surface area contributed by atoms with Crippen molar-refractivity contribution >= 4 is 0 Å². The van der Waals surface area contributed by atoms with E-state index < -0.39 is 0 Å². The summed E-state index contributed by atoms with van der Waals surface area (Å²) in [5, 5.41) is 2.23. The molecule has 1 aromatic rings. The van der Waals surface area contributed by atoms with Crippen LogP contribution in [-0.2, 0) is 6.42 Å². The Morgan fingerprint density at radius 3 is 2.58 bits per heavy atom. The zero-order valence-electron chi connectivity index (χ0n) is 11.7. The summed E-state index contributed by atoms with van der Waals surface area (Å²) in [4.78, 5) is 0. The zero-order valence-corrected chi connectivity index (χ0v) is 11.7. The fraction of sp³-hybridized carbons (Fsp3) is 0.600. The van der Waals surface area contributed by atoms with Gasteiger partial charge in [-0.2, -0.15) is 0 Å². The first-order valence-corrected chi connectivity index (χ1v) is 7.09. The van der Waals surface area contributed by atoms with E-state index in [0.29, 0.717) is 13.0 Å². The molecule has 1 fully saturated rings. The highest BCUT2D eigenvalue weighted by Crippen LogP contribution is 2.17. The summed E-state index contributed by atoms with van der Waals surface area (Å²) >= 11 is 0. The number of nitrogens with one attached hydrogen (secondary N) is 1. The van der Waals surface area contributed by atoms with E-state index in [1.54, 1.807) is 6.07 Å². The molecule has 1 aliphatic heterocycles. The molecule has 1 unspecified atom stereocenters. The highest BCUT2D eigenvalue weighted by atomic mass is 19.1. The van der Waals surface area contributed by atoms with Crippen LogP contribution in [0.15, 0.2) is 24.3 Å². The molecule has 0 saturated carbocycles. The van der Waals surface area contributed by atoms with Gasteiger partial charge in [-0.15, -0.1) is 0 Å². The molecule has 4 heteroatoms. The molecule has 1 aromatic carbocycles. The average Bonchev–Trinajstić information content (AvgIpc) is 2.42. The van der Waals surface area contributed by atoms with Crippen LogP contribution < -0.4 is 11.2 Å². The molecule has 0 radical (unpaired) electrons. The quantitative estimate of drug-likeness (QED) is 0.856. The number of hydrogen-bond donors (Lipinski definition) is 2. The van der Waals surface area contributed by atoms with Crippen LogP contribution in [0, 0.1) is 5.82 Å². The van der Waals surface area contributed by atoms with E-state index in [0.717, 1.165) is 18.7 Å². The van der Waals surface area contributed by atoms with Crippen molar-refractivity contribution in [3.05, 3.63) is 35.6 Å². The Hall–Kier alpha value is -0.970. The van der Waals surface area contributed by atoms with E-state index in [9.17, 15) is 4.39 Å². The van der Waals surface area contributed by atoms with Crippen molar-refractivity contribution in [3.8, 4) is 0 Å². The van der Waals surface area contributed by atoms with Crippen LogP contribution in [0.3, 0.4) is 0 Å². The molecule has 0 bridgehead atoms. The number of halogens is 1. The highest BCUT2D eigenvalue weighted by Gasteiger charge is 2.27. The second-order valence-corrected chi connectivity index (χ2v) is 5.69. The topological polar surface area (TPSA) is 41.3 Å². The molecule has 0 amide bonds. The molecular formula is C15H24FN3. The minimum Gasteiger partial charge on any atom is -0.329 e. The molecule has 106 valence electrons. The molecule has 1 heterocycles. The molecule has 2 rings (SSSR count). The first kappa shape index (κ1) is 14.4. The summed E-state index contributed by atoms with van der Waals surface area (Å²) in [5.41, 5.74) is 9.84. The summed E-state index contributed by atoms with van der Waals surface area (Å²) in [7, 11) is 0. The Morgan fingerprint density at radius 1 is 1.26 bits per heavy atom. The number of benzene rings is 1. The lowest BCUT2D eigenvalue weighted by Crippen LogP contribution is -2.58. The van der Waals surface area contributed by atoms with Crippen LogP contribution in [-0.4, -0.2) is 30.2 Å². The smallest absolute Gasteiger partial charge is 0.126 e. The van der Waals surface area contributed by atoms with Crippen molar-refractivity contribution in [1.29, 1.82) is 0 Å². The minimum atomic E-state index is -0.292. The molecule has 19 heavy (non-hydrogen) atoms. The Bertz CT molecular complexity index is 404. The van der Waals surface area contributed by atoms with Gasteiger partial charge in [-0.3, -0.25) is 0 Å². The minimum absolute atomic E-state index is 0.150. The van der Waals surface area contributed by atoms with Crippen LogP contribution in [0.5, 0.6) is 0 Å². The van der Waals surface area contributed by atoms with Crippen LogP contribution in [0.1, 0.15) is 31.7 Å². The second-order valence-electron chi connectivity index (χ2n) is 5.69. The number of piperidine rings is 1. The zero-order chi connectivity index (χ0) is 13.7. The van der Waals surface area contributed by atoms with Gasteiger partial charge >= 0.3 is 0 Å². The van der Waals surface area contributed by atoms with Crippen molar-refractivity contribution in [2.45, 2.75) is 38.1 Å². The maximum absolute atomic E-state index is 13.8. The molecular weight excluding hydrogens is 241 g/mol. The lowest BCUT2D eigenvalue weighted by molar-refractivity contribution is 0.0906. The van der Waals surface area contributed by atoms with Gasteiger partial charge in [0.05, 0.1) is 0 Å². The molecule has 1 aliphatic rings. The van der Waals surface area contributed by atoms with Crippen LogP contribution in [0.25, 0.3) is 0 Å². The molecule has 1 atom stereocenters. The van der Waals surface area contributed by atoms with Crippen LogP contribution >= 0.6 is 0 Å². The van der Waals surface area contributed by atoms with Gasteiger partial charge < -0.3 is 5.73 Å². The number of hydrazine groups is 1. The predicted octanol–water partition coefficient (Wildman–Crippen LogP) is 2.08. The van der Waals surface area contributed by atoms with E-state index >= 15 is 0 Å². The molecule has 0 spiro atoms. The largest absolute Gasteiger partial charge is 0.329 e. The average molecular weight is 265 g/mol. The summed E-state index contributed by atoms with van der Waals surface area (Å²) in [6, 6.07) is 6.93. The maximum Gasteiger partial charge on any atom is 0.126 e. The van der Waals surface area contributed by atoms with Crippen molar-refractivity contribution in [2.24, 2.45) is 5.73 Å². The van der Waals surface area contributed by atoms with Gasteiger partial charge in [-0.05, 0) is 37.8 Å². The van der Waals surface area contributed by atoms with Gasteiger partial charge in [0, 0.05) is 25.2 Å². The monoisotopic (exact) mass is 265 g/mol. The molecule has 0 aliphatic carbocycles. The van der Waals surface area contributed by atoms with E-state index in [1.165, 1.54) is 25.3 Å². The van der Waals surface area contributed by atoms with E-state index in [4.69, 9.17) is 5.73 Å². The number of hydrogen-bond acceptors (Lipinski definition) is 3. The molecule has 3 nitrogen and oxygen atoms in total. The van der Waals surface area contributed by atoms with E-state index in [-0.39, 0.29) is 11.4 Å². The lowest BCUT2D eigenvalue weighted by atomic mass is 9.93. The second kappa shape index (κ2) is 6.46. The third-order valence-electron chi connectivity index (χ3n) is 3.77. The summed E-state index contributed by atoms with van der Waals surface area (Å²) in [6.45, 7) is 4.64. The van der Waals surface area contributed by atoms with Gasteiger partial charge in [-0.1, -0.05) is 24.6 Å². The fourth-order valence-corrected chi connectivity index (χ4v) is 2.61. The van der Waals surface area contributed by atoms with Crippen LogP contribution in [0.4, 0.5) is 4.39 Å². The summed E-state index contributed by atoms with van der Waals surface area (Å²) in [5.74, 6) is -0.150. The van der Waals surface area contributed by atoms with E-state index in [1.807, 2.05) is 12.1 Å². The highest BCUT2D eigenvalue weighted by molar-refractivity contribution is 5.20. The predicted molar refractivity (Wildman–Crippen MR) is 76.1 cm³/mol. The van der Waals surface area contributed by atoms with Gasteiger partial charge in [0.1, 0.15) is 5.82 Å². The van der Waals surface area contributed by atoms with Crippen LogP contribution in [0.2, 0.25) is 0 Å². The SMILES string of the molecule is CC(CN)(Cc1ccccc1F)NN1CCCCC1. The third kappa shape index (κ3) is 4.00. The fourth-order valence-electron chi connectivity index (χ4n) is 2.61. The van der Waals surface area contributed by atoms with Crippen molar-refractivity contribution in [3.63, 3.8) is 0 Å². The lowest BCUT2D eigenvalue weighted by Gasteiger charge is -2.38. The van der Waals surface area contributed by atoms with Crippen molar-refractivity contribution < 1.29 is 4.39 Å². The van der Waals surface area contributed by atoms with Gasteiger partial charge in [0.2, 0.25) is 0 Å².